The Labute approximate surface area is 161 Å². The molecule has 0 bridgehead atoms. The van der Waals surface area contributed by atoms with Gasteiger partial charge in [0.1, 0.15) is 11.6 Å². The van der Waals surface area contributed by atoms with Crippen LogP contribution in [0.2, 0.25) is 0 Å². The minimum atomic E-state index is -0.377. The summed E-state index contributed by atoms with van der Waals surface area (Å²) in [7, 11) is 0. The van der Waals surface area contributed by atoms with Crippen LogP contribution >= 0.6 is 0 Å². The van der Waals surface area contributed by atoms with Crippen LogP contribution < -0.4 is 11.0 Å². The number of rotatable bonds is 3. The van der Waals surface area contributed by atoms with Crippen LogP contribution in [0.25, 0.3) is 11.0 Å². The quantitative estimate of drug-likeness (QED) is 0.600. The molecule has 1 aromatic heterocycles. The van der Waals surface area contributed by atoms with E-state index in [4.69, 9.17) is 0 Å². The van der Waals surface area contributed by atoms with Gasteiger partial charge in [0.25, 0.3) is 0 Å². The Morgan fingerprint density at radius 1 is 1.18 bits per heavy atom. The molecule has 0 saturated heterocycles. The molecule has 4 rings (SSSR count). The van der Waals surface area contributed by atoms with Crippen molar-refractivity contribution in [1.82, 2.24) is 9.55 Å². The number of aromatic hydroxyl groups is 1. The fourth-order valence-corrected chi connectivity index (χ4v) is 4.03. The Bertz CT molecular complexity index is 1090. The summed E-state index contributed by atoms with van der Waals surface area (Å²) in [6.45, 7) is 1.78. The van der Waals surface area contributed by atoms with Crippen LogP contribution in [0.3, 0.4) is 0 Å². The fraction of sp³-hybridized carbons (Fsp3) is 0.333. The molecule has 146 valence electrons. The highest BCUT2D eigenvalue weighted by Gasteiger charge is 2.29. The number of phenolic OH excluding ortho intramolecular Hbond substituents is 1. The molecule has 1 aliphatic carbocycles. The molecule has 0 atom stereocenters. The van der Waals surface area contributed by atoms with E-state index in [-0.39, 0.29) is 35.1 Å². The van der Waals surface area contributed by atoms with Crippen molar-refractivity contribution < 1.29 is 14.3 Å². The molecule has 1 fully saturated rings. The summed E-state index contributed by atoms with van der Waals surface area (Å²) in [5.74, 6) is -0.375. The van der Waals surface area contributed by atoms with Gasteiger partial charge in [-0.3, -0.25) is 9.36 Å². The second-order valence-corrected chi connectivity index (χ2v) is 7.46. The number of benzene rings is 2. The van der Waals surface area contributed by atoms with Gasteiger partial charge < -0.3 is 15.4 Å². The van der Waals surface area contributed by atoms with Crippen molar-refractivity contribution in [3.63, 3.8) is 0 Å². The molecule has 0 spiro atoms. The summed E-state index contributed by atoms with van der Waals surface area (Å²) < 4.78 is 15.2. The van der Waals surface area contributed by atoms with Crippen LogP contribution in [-0.2, 0) is 4.79 Å². The number of aromatic nitrogens is 2. The maximum absolute atomic E-state index is 13.6. The van der Waals surface area contributed by atoms with E-state index >= 15 is 0 Å². The third-order valence-electron chi connectivity index (χ3n) is 5.58. The molecule has 3 aromatic rings. The van der Waals surface area contributed by atoms with Gasteiger partial charge in [-0.1, -0.05) is 0 Å². The molecular weight excluding hydrogens is 361 g/mol. The topological polar surface area (TPSA) is 87.1 Å². The highest BCUT2D eigenvalue weighted by molar-refractivity contribution is 5.92. The number of amides is 1. The molecule has 2 aromatic carbocycles. The van der Waals surface area contributed by atoms with Gasteiger partial charge in [0.2, 0.25) is 5.91 Å². The van der Waals surface area contributed by atoms with Crippen molar-refractivity contribution in [1.29, 1.82) is 0 Å². The van der Waals surface area contributed by atoms with Crippen LogP contribution in [0.4, 0.5) is 10.1 Å². The van der Waals surface area contributed by atoms with Crippen LogP contribution in [-0.4, -0.2) is 20.6 Å². The number of carbonyl (C=O) groups excluding carboxylic acids is 1. The second kappa shape index (κ2) is 7.14. The van der Waals surface area contributed by atoms with E-state index in [1.807, 2.05) is 0 Å². The number of halogens is 1. The first-order valence-electron chi connectivity index (χ1n) is 9.42. The highest BCUT2D eigenvalue weighted by Crippen LogP contribution is 2.34. The summed E-state index contributed by atoms with van der Waals surface area (Å²) in [5, 5.41) is 12.5. The standard InChI is InChI=1S/C21H22FN3O3/c1-12-10-15(5-9-19(12)26)23-20(27)13-2-6-16(7-3-13)25-18-11-14(22)4-8-17(18)24-21(25)28/h4-5,8-11,13,16,26H,2-3,6-7H2,1H3,(H,23,27)(H,24,28). The zero-order valence-corrected chi connectivity index (χ0v) is 15.5. The van der Waals surface area contributed by atoms with Crippen LogP contribution in [0.5, 0.6) is 5.75 Å². The molecule has 0 aliphatic heterocycles. The van der Waals surface area contributed by atoms with E-state index in [1.165, 1.54) is 12.1 Å². The number of H-pyrrole nitrogens is 1. The van der Waals surface area contributed by atoms with Crippen LogP contribution in [0, 0.1) is 18.7 Å². The zero-order chi connectivity index (χ0) is 19.8. The lowest BCUT2D eigenvalue weighted by atomic mass is 9.85. The number of imidazole rings is 1. The van der Waals surface area contributed by atoms with Crippen molar-refractivity contribution in [3.8, 4) is 5.75 Å². The Morgan fingerprint density at radius 2 is 1.93 bits per heavy atom. The Balaban J connectivity index is 1.45. The minimum Gasteiger partial charge on any atom is -0.508 e. The van der Waals surface area contributed by atoms with E-state index < -0.39 is 0 Å². The summed E-state index contributed by atoms with van der Waals surface area (Å²) in [6.07, 6.45) is 2.66. The Morgan fingerprint density at radius 3 is 2.64 bits per heavy atom. The Kier molecular flexibility index (Phi) is 4.66. The first-order valence-corrected chi connectivity index (χ1v) is 9.42. The number of nitrogens with one attached hydrogen (secondary N) is 2. The normalized spacial score (nSPS) is 19.6. The van der Waals surface area contributed by atoms with Crippen molar-refractivity contribution in [2.45, 2.75) is 38.6 Å². The summed E-state index contributed by atoms with van der Waals surface area (Å²) >= 11 is 0. The number of nitrogens with zero attached hydrogens (tertiary/aromatic N) is 1. The lowest BCUT2D eigenvalue weighted by Gasteiger charge is -2.28. The van der Waals surface area contributed by atoms with E-state index in [0.717, 1.165) is 0 Å². The highest BCUT2D eigenvalue weighted by atomic mass is 19.1. The molecular formula is C21H22FN3O3. The smallest absolute Gasteiger partial charge is 0.326 e. The van der Waals surface area contributed by atoms with Gasteiger partial charge in [0, 0.05) is 17.6 Å². The first-order chi connectivity index (χ1) is 13.4. The predicted octanol–water partition coefficient (Wildman–Crippen LogP) is 3.85. The number of hydrogen-bond donors (Lipinski definition) is 3. The third-order valence-corrected chi connectivity index (χ3v) is 5.58. The molecule has 1 aliphatic rings. The molecule has 7 heteroatoms. The fourth-order valence-electron chi connectivity index (χ4n) is 4.03. The predicted molar refractivity (Wildman–Crippen MR) is 105 cm³/mol. The number of hydrogen-bond acceptors (Lipinski definition) is 3. The molecule has 1 amide bonds. The second-order valence-electron chi connectivity index (χ2n) is 7.46. The number of fused-ring (bicyclic) bond motifs is 1. The lowest BCUT2D eigenvalue weighted by Crippen LogP contribution is -2.31. The van der Waals surface area contributed by atoms with E-state index in [0.29, 0.717) is 48.0 Å². The number of anilines is 1. The number of carbonyl (C=O) groups is 1. The average Bonchev–Trinajstić information content (AvgIpc) is 3.00. The molecule has 3 N–H and O–H groups in total. The van der Waals surface area contributed by atoms with Gasteiger partial charge in [-0.15, -0.1) is 0 Å². The van der Waals surface area contributed by atoms with E-state index in [2.05, 4.69) is 10.3 Å². The van der Waals surface area contributed by atoms with Crippen molar-refractivity contribution in [2.75, 3.05) is 5.32 Å². The Hall–Kier alpha value is -3.09. The summed E-state index contributed by atoms with van der Waals surface area (Å²) in [6, 6.07) is 9.19. The van der Waals surface area contributed by atoms with Gasteiger partial charge in [-0.25, -0.2) is 9.18 Å². The monoisotopic (exact) mass is 383 g/mol. The minimum absolute atomic E-state index is 0.0528. The van der Waals surface area contributed by atoms with Crippen molar-refractivity contribution in [3.05, 3.63) is 58.3 Å². The van der Waals surface area contributed by atoms with Gasteiger partial charge >= 0.3 is 5.69 Å². The van der Waals surface area contributed by atoms with Crippen molar-refractivity contribution >= 4 is 22.6 Å². The number of aryl methyl sites for hydroxylation is 1. The number of aromatic amines is 1. The summed E-state index contributed by atoms with van der Waals surface area (Å²) in [4.78, 5) is 27.7. The third kappa shape index (κ3) is 3.40. The summed E-state index contributed by atoms with van der Waals surface area (Å²) in [5.41, 5.74) is 2.30. The number of phenols is 1. The largest absolute Gasteiger partial charge is 0.508 e. The van der Waals surface area contributed by atoms with Crippen molar-refractivity contribution in [2.24, 2.45) is 5.92 Å². The van der Waals surface area contributed by atoms with E-state index in [9.17, 15) is 19.1 Å². The molecule has 1 heterocycles. The molecule has 28 heavy (non-hydrogen) atoms. The lowest BCUT2D eigenvalue weighted by molar-refractivity contribution is -0.121. The van der Waals surface area contributed by atoms with Gasteiger partial charge in [-0.05, 0) is 74.6 Å². The first kappa shape index (κ1) is 18.3. The zero-order valence-electron chi connectivity index (χ0n) is 15.5. The molecule has 0 unspecified atom stereocenters. The molecule has 6 nitrogen and oxygen atoms in total. The average molecular weight is 383 g/mol. The van der Waals surface area contributed by atoms with Gasteiger partial charge in [0.05, 0.1) is 11.0 Å². The molecule has 0 radical (unpaired) electrons. The van der Waals surface area contributed by atoms with E-state index in [1.54, 1.807) is 35.8 Å². The van der Waals surface area contributed by atoms with Gasteiger partial charge in [0.15, 0.2) is 0 Å². The maximum atomic E-state index is 13.6. The SMILES string of the molecule is Cc1cc(NC(=O)C2CCC(n3c(=O)[nH]c4ccc(F)cc43)CC2)ccc1O. The van der Waals surface area contributed by atoms with Crippen LogP contribution in [0.1, 0.15) is 37.3 Å². The van der Waals surface area contributed by atoms with Gasteiger partial charge in [-0.2, -0.15) is 0 Å². The van der Waals surface area contributed by atoms with Crippen LogP contribution in [0.15, 0.2) is 41.2 Å². The maximum Gasteiger partial charge on any atom is 0.326 e. The molecule has 1 saturated carbocycles.